The molecule has 0 bridgehead atoms. The maximum Gasteiger partial charge on any atom is 0.244 e. The molecule has 0 radical (unpaired) electrons. The van der Waals surface area contributed by atoms with Gasteiger partial charge in [-0.25, -0.2) is 0 Å². The smallest absolute Gasteiger partial charge is 0.244 e. The Balaban J connectivity index is 3.05. The van der Waals surface area contributed by atoms with Crippen LogP contribution in [0.2, 0.25) is 0 Å². The summed E-state index contributed by atoms with van der Waals surface area (Å²) in [7, 11) is 0. The third-order valence-electron chi connectivity index (χ3n) is 1.72. The van der Waals surface area contributed by atoms with Crippen molar-refractivity contribution < 1.29 is 4.79 Å². The van der Waals surface area contributed by atoms with E-state index in [1.807, 2.05) is 6.08 Å². The first kappa shape index (κ1) is 11.7. The van der Waals surface area contributed by atoms with Crippen LogP contribution in [0.4, 0.5) is 0 Å². The number of carbonyl (C=O) groups excluding carboxylic acids is 1. The van der Waals surface area contributed by atoms with Crippen molar-refractivity contribution >= 4 is 16.8 Å². The van der Waals surface area contributed by atoms with Crippen molar-refractivity contribution in [3.63, 3.8) is 0 Å². The zero-order valence-corrected chi connectivity index (χ0v) is 8.44. The first-order valence-corrected chi connectivity index (χ1v) is 5.01. The van der Waals surface area contributed by atoms with E-state index in [1.165, 1.54) is 38.2 Å². The van der Waals surface area contributed by atoms with Gasteiger partial charge < -0.3 is 0 Å². The standard InChI is InChI=1S/C10H17ClO/c1-2-3-4-5-6-7-8-9-10(11)12/h8-9H,2-7H2,1H3/b9-8+. The zero-order valence-electron chi connectivity index (χ0n) is 7.68. The van der Waals surface area contributed by atoms with E-state index in [0.29, 0.717) is 0 Å². The van der Waals surface area contributed by atoms with E-state index in [-0.39, 0.29) is 5.24 Å². The highest BCUT2D eigenvalue weighted by atomic mass is 35.5. The molecule has 1 nitrogen and oxygen atoms in total. The topological polar surface area (TPSA) is 17.1 Å². The quantitative estimate of drug-likeness (QED) is 0.339. The molecule has 0 aliphatic heterocycles. The van der Waals surface area contributed by atoms with Gasteiger partial charge in [0.05, 0.1) is 0 Å². The zero-order chi connectivity index (χ0) is 9.23. The predicted molar refractivity (Wildman–Crippen MR) is 53.4 cm³/mol. The number of halogens is 1. The highest BCUT2D eigenvalue weighted by molar-refractivity contribution is 6.66. The fraction of sp³-hybridized carbons (Fsp3) is 0.700. The molecule has 0 aromatic carbocycles. The van der Waals surface area contributed by atoms with E-state index in [9.17, 15) is 4.79 Å². The van der Waals surface area contributed by atoms with Gasteiger partial charge in [0.2, 0.25) is 5.24 Å². The molecule has 0 aromatic heterocycles. The Hall–Kier alpha value is -0.300. The fourth-order valence-electron chi connectivity index (χ4n) is 1.04. The Morgan fingerprint density at radius 1 is 1.25 bits per heavy atom. The first-order chi connectivity index (χ1) is 5.77. The number of allylic oxidation sites excluding steroid dienone is 2. The molecule has 0 amide bonds. The van der Waals surface area contributed by atoms with Crippen LogP contribution < -0.4 is 0 Å². The summed E-state index contributed by atoms with van der Waals surface area (Å²) < 4.78 is 0. The molecule has 0 N–H and O–H groups in total. The van der Waals surface area contributed by atoms with Gasteiger partial charge in [-0.05, 0) is 30.5 Å². The first-order valence-electron chi connectivity index (χ1n) is 4.63. The number of carbonyl (C=O) groups is 1. The molecule has 70 valence electrons. The molecule has 0 aromatic rings. The number of hydrogen-bond donors (Lipinski definition) is 0. The van der Waals surface area contributed by atoms with E-state index >= 15 is 0 Å². The monoisotopic (exact) mass is 188 g/mol. The number of unbranched alkanes of at least 4 members (excludes halogenated alkanes) is 5. The van der Waals surface area contributed by atoms with Gasteiger partial charge in [-0.3, -0.25) is 4.79 Å². The van der Waals surface area contributed by atoms with Gasteiger partial charge in [-0.15, -0.1) is 0 Å². The Kier molecular flexibility index (Phi) is 8.57. The molecule has 0 fully saturated rings. The van der Waals surface area contributed by atoms with E-state index < -0.39 is 0 Å². The van der Waals surface area contributed by atoms with Crippen LogP contribution in [0.5, 0.6) is 0 Å². The van der Waals surface area contributed by atoms with Crippen molar-refractivity contribution in [3.8, 4) is 0 Å². The highest BCUT2D eigenvalue weighted by Gasteiger charge is 1.87. The van der Waals surface area contributed by atoms with Crippen molar-refractivity contribution in [2.24, 2.45) is 0 Å². The van der Waals surface area contributed by atoms with Gasteiger partial charge in [0.1, 0.15) is 0 Å². The Morgan fingerprint density at radius 2 is 1.92 bits per heavy atom. The third-order valence-corrected chi connectivity index (χ3v) is 1.85. The molecule has 0 unspecified atom stereocenters. The second kappa shape index (κ2) is 8.79. The summed E-state index contributed by atoms with van der Waals surface area (Å²) in [6.45, 7) is 2.20. The summed E-state index contributed by atoms with van der Waals surface area (Å²) in [5, 5.41) is -0.372. The van der Waals surface area contributed by atoms with E-state index in [2.05, 4.69) is 6.92 Å². The number of rotatable bonds is 7. The van der Waals surface area contributed by atoms with Crippen molar-refractivity contribution in [2.45, 2.75) is 45.4 Å². The van der Waals surface area contributed by atoms with E-state index in [4.69, 9.17) is 11.6 Å². The van der Waals surface area contributed by atoms with Gasteiger partial charge in [-0.1, -0.05) is 38.7 Å². The summed E-state index contributed by atoms with van der Waals surface area (Å²) in [4.78, 5) is 10.3. The average molecular weight is 189 g/mol. The fourth-order valence-corrected chi connectivity index (χ4v) is 1.13. The van der Waals surface area contributed by atoms with Crippen molar-refractivity contribution in [1.82, 2.24) is 0 Å². The van der Waals surface area contributed by atoms with Gasteiger partial charge in [0.15, 0.2) is 0 Å². The molecule has 0 heterocycles. The third kappa shape index (κ3) is 9.70. The van der Waals surface area contributed by atoms with Crippen molar-refractivity contribution in [2.75, 3.05) is 0 Å². The highest BCUT2D eigenvalue weighted by Crippen LogP contribution is 2.05. The molecule has 12 heavy (non-hydrogen) atoms. The normalized spacial score (nSPS) is 10.8. The molecule has 2 heteroatoms. The number of hydrogen-bond acceptors (Lipinski definition) is 1. The van der Waals surface area contributed by atoms with Gasteiger partial charge in [-0.2, -0.15) is 0 Å². The van der Waals surface area contributed by atoms with Crippen LogP contribution in [-0.4, -0.2) is 5.24 Å². The van der Waals surface area contributed by atoms with Crippen LogP contribution in [0.3, 0.4) is 0 Å². The summed E-state index contributed by atoms with van der Waals surface area (Å²) in [6.07, 6.45) is 10.6. The van der Waals surface area contributed by atoms with Gasteiger partial charge in [0, 0.05) is 0 Å². The predicted octanol–water partition coefficient (Wildman–Crippen LogP) is 3.67. The molecule has 0 rings (SSSR count). The minimum Gasteiger partial charge on any atom is -0.276 e. The van der Waals surface area contributed by atoms with Gasteiger partial charge in [0.25, 0.3) is 0 Å². The summed E-state index contributed by atoms with van der Waals surface area (Å²) in [5.74, 6) is 0. The van der Waals surface area contributed by atoms with Crippen LogP contribution in [0.15, 0.2) is 12.2 Å². The second-order valence-electron chi connectivity index (χ2n) is 2.91. The van der Waals surface area contributed by atoms with Crippen LogP contribution in [0.1, 0.15) is 45.4 Å². The molecule has 0 saturated carbocycles. The van der Waals surface area contributed by atoms with Crippen molar-refractivity contribution in [3.05, 3.63) is 12.2 Å². The SMILES string of the molecule is CCCCCCC/C=C/C(=O)Cl. The Bertz CT molecular complexity index is 141. The summed E-state index contributed by atoms with van der Waals surface area (Å²) in [6, 6.07) is 0. The minimum atomic E-state index is -0.372. The molecule has 0 atom stereocenters. The second-order valence-corrected chi connectivity index (χ2v) is 3.28. The summed E-state index contributed by atoms with van der Waals surface area (Å²) >= 11 is 5.11. The summed E-state index contributed by atoms with van der Waals surface area (Å²) in [5.41, 5.74) is 0. The van der Waals surface area contributed by atoms with Crippen LogP contribution in [0.25, 0.3) is 0 Å². The van der Waals surface area contributed by atoms with E-state index in [1.54, 1.807) is 0 Å². The molecular formula is C10H17ClO. The Morgan fingerprint density at radius 3 is 2.50 bits per heavy atom. The van der Waals surface area contributed by atoms with Crippen LogP contribution in [0, 0.1) is 0 Å². The molecule has 0 aliphatic carbocycles. The maximum atomic E-state index is 10.3. The lowest BCUT2D eigenvalue weighted by atomic mass is 10.1. The van der Waals surface area contributed by atoms with E-state index in [0.717, 1.165) is 6.42 Å². The Labute approximate surface area is 79.8 Å². The lowest BCUT2D eigenvalue weighted by Gasteiger charge is -1.95. The average Bonchev–Trinajstić information content (AvgIpc) is 2.02. The van der Waals surface area contributed by atoms with Crippen LogP contribution >= 0.6 is 11.6 Å². The lowest BCUT2D eigenvalue weighted by molar-refractivity contribution is -0.107. The molecule has 0 saturated heterocycles. The van der Waals surface area contributed by atoms with Crippen molar-refractivity contribution in [1.29, 1.82) is 0 Å². The molecular weight excluding hydrogens is 172 g/mol. The molecule has 0 spiro atoms. The van der Waals surface area contributed by atoms with Gasteiger partial charge >= 0.3 is 0 Å². The largest absolute Gasteiger partial charge is 0.276 e. The molecule has 0 aliphatic rings. The maximum absolute atomic E-state index is 10.3. The van der Waals surface area contributed by atoms with Crippen LogP contribution in [-0.2, 0) is 4.79 Å². The minimum absolute atomic E-state index is 0.372. The lowest BCUT2D eigenvalue weighted by Crippen LogP contribution is -1.78.